The lowest BCUT2D eigenvalue weighted by atomic mass is 9.96. The predicted molar refractivity (Wildman–Crippen MR) is 145 cm³/mol. The van der Waals surface area contributed by atoms with E-state index >= 15 is 0 Å². The van der Waals surface area contributed by atoms with Crippen molar-refractivity contribution >= 4 is 34.7 Å². The molecule has 2 amide bonds. The van der Waals surface area contributed by atoms with Crippen LogP contribution in [-0.4, -0.2) is 36.4 Å². The Morgan fingerprint density at radius 2 is 1.70 bits per heavy atom. The molecule has 1 atom stereocenters. The van der Waals surface area contributed by atoms with Crippen LogP contribution in [0.2, 0.25) is 0 Å². The minimum atomic E-state index is -0.645. The van der Waals surface area contributed by atoms with E-state index in [1.54, 1.807) is 11.8 Å². The quantitative estimate of drug-likeness (QED) is 0.286. The van der Waals surface area contributed by atoms with Gasteiger partial charge in [-0.3, -0.25) is 20.2 Å². The number of carbonyl (C=O) groups excluding carboxylic acids is 3. The molecule has 3 rings (SSSR count). The van der Waals surface area contributed by atoms with Crippen molar-refractivity contribution < 1.29 is 19.1 Å². The Morgan fingerprint density at radius 3 is 2.38 bits per heavy atom. The Bertz CT molecular complexity index is 1190. The zero-order chi connectivity index (χ0) is 27.2. The van der Waals surface area contributed by atoms with Gasteiger partial charge in [-0.25, -0.2) is 0 Å². The lowest BCUT2D eigenvalue weighted by Gasteiger charge is -2.30. The van der Waals surface area contributed by atoms with Gasteiger partial charge in [0.15, 0.2) is 0 Å². The predicted octanol–water partition coefficient (Wildman–Crippen LogP) is 2.70. The van der Waals surface area contributed by atoms with Crippen LogP contribution in [0.1, 0.15) is 57.2 Å². The standard InChI is InChI=1S/C28H37N5O4/c1-18(19(2)34)16-37-28(3,4)17-31-24(35)13-14-25(36)33-15-20-9-5-6-10-21(20)27(32-30)26(29)22-11-7-8-12-23(22)33/h5-12,18,32H,13-17,29-30H2,1-4H3,(H,31,35)/b27-26-. The molecule has 0 aromatic heterocycles. The van der Waals surface area contributed by atoms with Gasteiger partial charge in [0.25, 0.3) is 0 Å². The molecule has 9 nitrogen and oxygen atoms in total. The maximum atomic E-state index is 13.4. The normalized spacial score (nSPS) is 16.1. The van der Waals surface area contributed by atoms with Crippen LogP contribution in [0.25, 0.3) is 11.4 Å². The van der Waals surface area contributed by atoms with Gasteiger partial charge in [0.1, 0.15) is 5.78 Å². The van der Waals surface area contributed by atoms with E-state index in [1.165, 1.54) is 6.92 Å². The Balaban J connectivity index is 1.71. The second-order valence-corrected chi connectivity index (χ2v) is 9.95. The lowest BCUT2D eigenvalue weighted by molar-refractivity contribution is -0.128. The topological polar surface area (TPSA) is 140 Å². The molecule has 0 bridgehead atoms. The maximum Gasteiger partial charge on any atom is 0.227 e. The van der Waals surface area contributed by atoms with E-state index in [0.29, 0.717) is 29.2 Å². The summed E-state index contributed by atoms with van der Waals surface area (Å²) in [5, 5.41) is 2.84. The zero-order valence-electron chi connectivity index (χ0n) is 22.0. The van der Waals surface area contributed by atoms with Crippen LogP contribution in [0.3, 0.4) is 0 Å². The highest BCUT2D eigenvalue weighted by atomic mass is 16.5. The van der Waals surface area contributed by atoms with Crippen LogP contribution in [0.15, 0.2) is 48.5 Å². The summed E-state index contributed by atoms with van der Waals surface area (Å²) in [5.41, 5.74) is 12.6. The Hall–Kier alpha value is -3.69. The average Bonchev–Trinajstić information content (AvgIpc) is 2.88. The Kier molecular flexibility index (Phi) is 9.07. The molecule has 1 aliphatic rings. The van der Waals surface area contributed by atoms with Crippen LogP contribution >= 0.6 is 0 Å². The smallest absolute Gasteiger partial charge is 0.227 e. The first-order valence-electron chi connectivity index (χ1n) is 12.4. The average molecular weight is 508 g/mol. The number of amides is 2. The zero-order valence-corrected chi connectivity index (χ0v) is 22.0. The van der Waals surface area contributed by atoms with Crippen LogP contribution < -0.4 is 27.2 Å². The maximum absolute atomic E-state index is 13.4. The van der Waals surface area contributed by atoms with E-state index in [4.69, 9.17) is 16.3 Å². The third kappa shape index (κ3) is 6.96. The lowest BCUT2D eigenvalue weighted by Crippen LogP contribution is -2.42. The van der Waals surface area contributed by atoms with E-state index in [-0.39, 0.29) is 49.5 Å². The first kappa shape index (κ1) is 27.9. The summed E-state index contributed by atoms with van der Waals surface area (Å²) >= 11 is 0. The van der Waals surface area contributed by atoms with E-state index < -0.39 is 5.60 Å². The first-order chi connectivity index (χ1) is 17.5. The number of hydrogen-bond donors (Lipinski definition) is 4. The van der Waals surface area contributed by atoms with Crippen molar-refractivity contribution in [3.05, 3.63) is 65.2 Å². The summed E-state index contributed by atoms with van der Waals surface area (Å²) < 4.78 is 5.81. The highest BCUT2D eigenvalue weighted by molar-refractivity contribution is 6.01. The van der Waals surface area contributed by atoms with Crippen LogP contribution in [-0.2, 0) is 25.7 Å². The van der Waals surface area contributed by atoms with Gasteiger partial charge in [0.2, 0.25) is 11.8 Å². The molecule has 0 radical (unpaired) electrons. The third-order valence-corrected chi connectivity index (χ3v) is 6.51. The number of carbonyl (C=O) groups is 3. The highest BCUT2D eigenvalue weighted by Gasteiger charge is 2.27. The molecule has 0 spiro atoms. The fourth-order valence-corrected chi connectivity index (χ4v) is 4.03. The van der Waals surface area contributed by atoms with Gasteiger partial charge in [-0.2, -0.15) is 0 Å². The number of Topliss-reactive ketones (excluding diaryl/α,β-unsaturated/α-hetero) is 1. The van der Waals surface area contributed by atoms with Crippen LogP contribution in [0.5, 0.6) is 0 Å². The molecular formula is C28H37N5O4. The first-order valence-corrected chi connectivity index (χ1v) is 12.4. The van der Waals surface area contributed by atoms with E-state index in [9.17, 15) is 14.4 Å². The van der Waals surface area contributed by atoms with Gasteiger partial charge in [0.05, 0.1) is 35.8 Å². The number of para-hydroxylation sites is 1. The number of nitrogens with two attached hydrogens (primary N) is 2. The Morgan fingerprint density at radius 1 is 1.05 bits per heavy atom. The number of nitrogens with zero attached hydrogens (tertiary/aromatic N) is 1. The minimum Gasteiger partial charge on any atom is -0.396 e. The summed E-state index contributed by atoms with van der Waals surface area (Å²) in [4.78, 5) is 39.1. The fraction of sp³-hybridized carbons (Fsp3) is 0.393. The molecule has 1 aliphatic heterocycles. The molecule has 9 heteroatoms. The van der Waals surface area contributed by atoms with E-state index in [0.717, 1.165) is 11.1 Å². The summed E-state index contributed by atoms with van der Waals surface area (Å²) in [6.45, 7) is 7.89. The molecule has 6 N–H and O–H groups in total. The van der Waals surface area contributed by atoms with Gasteiger partial charge in [0, 0.05) is 36.4 Å². The molecule has 0 saturated heterocycles. The van der Waals surface area contributed by atoms with Crippen molar-refractivity contribution in [2.45, 2.75) is 52.7 Å². The number of rotatable bonds is 10. The SMILES string of the molecule is CC(=O)C(C)COC(C)(C)CNC(=O)CCC(=O)N1Cc2ccccc2/C(NN)=C(/N)c2ccccc21. The molecule has 2 aromatic rings. The van der Waals surface area contributed by atoms with Gasteiger partial charge in [-0.1, -0.05) is 49.4 Å². The molecule has 0 fully saturated rings. The number of hydrazine groups is 1. The molecule has 198 valence electrons. The van der Waals surface area contributed by atoms with Crippen molar-refractivity contribution in [3.63, 3.8) is 0 Å². The minimum absolute atomic E-state index is 0.0244. The molecule has 1 heterocycles. The number of fused-ring (bicyclic) bond motifs is 2. The highest BCUT2D eigenvalue weighted by Crippen LogP contribution is 2.34. The molecule has 37 heavy (non-hydrogen) atoms. The van der Waals surface area contributed by atoms with Gasteiger partial charge in [-0.15, -0.1) is 0 Å². The number of anilines is 1. The molecular weight excluding hydrogens is 470 g/mol. The van der Waals surface area contributed by atoms with Crippen molar-refractivity contribution in [2.75, 3.05) is 18.1 Å². The monoisotopic (exact) mass is 507 g/mol. The largest absolute Gasteiger partial charge is 0.396 e. The second-order valence-electron chi connectivity index (χ2n) is 9.95. The van der Waals surface area contributed by atoms with E-state index in [1.807, 2.05) is 62.4 Å². The number of ether oxygens (including phenoxy) is 1. The van der Waals surface area contributed by atoms with Gasteiger partial charge in [-0.05, 0) is 32.4 Å². The van der Waals surface area contributed by atoms with Crippen molar-refractivity contribution in [3.8, 4) is 0 Å². The summed E-state index contributed by atoms with van der Waals surface area (Å²) in [7, 11) is 0. The summed E-state index contributed by atoms with van der Waals surface area (Å²) in [6, 6.07) is 15.0. The number of nitrogens with one attached hydrogen (secondary N) is 2. The Labute approximate surface area is 218 Å². The summed E-state index contributed by atoms with van der Waals surface area (Å²) in [5.74, 6) is 5.23. The number of benzene rings is 2. The molecule has 0 saturated carbocycles. The fourth-order valence-electron chi connectivity index (χ4n) is 4.03. The molecule has 0 aliphatic carbocycles. The second kappa shape index (κ2) is 12.0. The van der Waals surface area contributed by atoms with Gasteiger partial charge < -0.3 is 26.1 Å². The van der Waals surface area contributed by atoms with Crippen molar-refractivity contribution in [1.82, 2.24) is 10.7 Å². The van der Waals surface area contributed by atoms with Crippen molar-refractivity contribution in [2.24, 2.45) is 17.5 Å². The number of hydrogen-bond acceptors (Lipinski definition) is 7. The third-order valence-electron chi connectivity index (χ3n) is 6.51. The van der Waals surface area contributed by atoms with E-state index in [2.05, 4.69) is 10.7 Å². The van der Waals surface area contributed by atoms with Crippen LogP contribution in [0, 0.1) is 5.92 Å². The van der Waals surface area contributed by atoms with Crippen LogP contribution in [0.4, 0.5) is 5.69 Å². The number of ketones is 1. The summed E-state index contributed by atoms with van der Waals surface area (Å²) in [6.07, 6.45) is 0.0522. The molecule has 2 aromatic carbocycles. The molecule has 1 unspecified atom stereocenters. The van der Waals surface area contributed by atoms with Gasteiger partial charge >= 0.3 is 0 Å². The van der Waals surface area contributed by atoms with Crippen molar-refractivity contribution in [1.29, 1.82) is 0 Å².